The van der Waals surface area contributed by atoms with Crippen LogP contribution in [0.4, 0.5) is 13.2 Å². The van der Waals surface area contributed by atoms with Crippen LogP contribution in [0.1, 0.15) is 31.1 Å². The molecule has 0 aliphatic carbocycles. The van der Waals surface area contributed by atoms with Crippen molar-refractivity contribution in [3.05, 3.63) is 46.4 Å². The lowest BCUT2D eigenvalue weighted by Crippen LogP contribution is -2.27. The number of aromatic nitrogens is 1. The largest absolute Gasteiger partial charge is 0.416 e. The van der Waals surface area contributed by atoms with E-state index in [1.165, 1.54) is 10.6 Å². The minimum absolute atomic E-state index is 0.320. The summed E-state index contributed by atoms with van der Waals surface area (Å²) in [6.45, 7) is 6.96. The Morgan fingerprint density at radius 1 is 1.47 bits per heavy atom. The molecular weight excluding hydrogens is 231 g/mol. The monoisotopic (exact) mass is 245 g/mol. The molecule has 0 amide bonds. The molecule has 0 N–H and O–H groups in total. The molecule has 0 aromatic carbocycles. The molecule has 0 spiro atoms. The molecule has 94 valence electrons. The first-order valence-electron chi connectivity index (χ1n) is 5.26. The van der Waals surface area contributed by atoms with E-state index in [0.717, 1.165) is 6.07 Å². The Kier molecular flexibility index (Phi) is 3.80. The average molecular weight is 245 g/mol. The Bertz CT molecular complexity index is 474. The SMILES string of the molecule is C=CC(C)n1c(CC)cc(C(F)(F)F)cc1=O. The smallest absolute Gasteiger partial charge is 0.306 e. The molecule has 1 rings (SSSR count). The highest BCUT2D eigenvalue weighted by molar-refractivity contribution is 5.22. The van der Waals surface area contributed by atoms with Crippen LogP contribution < -0.4 is 5.56 Å². The first kappa shape index (κ1) is 13.5. The molecule has 0 radical (unpaired) electrons. The first-order chi connectivity index (χ1) is 7.81. The van der Waals surface area contributed by atoms with Gasteiger partial charge in [0.25, 0.3) is 5.56 Å². The van der Waals surface area contributed by atoms with Crippen molar-refractivity contribution in [2.24, 2.45) is 0 Å². The van der Waals surface area contributed by atoms with Crippen molar-refractivity contribution in [1.29, 1.82) is 0 Å². The summed E-state index contributed by atoms with van der Waals surface area (Å²) < 4.78 is 38.9. The zero-order valence-electron chi connectivity index (χ0n) is 9.71. The second-order valence-corrected chi connectivity index (χ2v) is 3.77. The molecule has 2 nitrogen and oxygen atoms in total. The van der Waals surface area contributed by atoms with Gasteiger partial charge in [-0.25, -0.2) is 0 Å². The number of hydrogen-bond donors (Lipinski definition) is 0. The predicted octanol–water partition coefficient (Wildman–Crippen LogP) is 3.18. The number of allylic oxidation sites excluding steroid dienone is 1. The lowest BCUT2D eigenvalue weighted by atomic mass is 10.1. The molecule has 0 saturated heterocycles. The van der Waals surface area contributed by atoms with Gasteiger partial charge in [0.2, 0.25) is 0 Å². The molecule has 5 heteroatoms. The van der Waals surface area contributed by atoms with E-state index in [1.807, 2.05) is 0 Å². The summed E-state index contributed by atoms with van der Waals surface area (Å²) in [6, 6.07) is 1.32. The van der Waals surface area contributed by atoms with Gasteiger partial charge in [0, 0.05) is 11.8 Å². The summed E-state index contributed by atoms with van der Waals surface area (Å²) in [6.07, 6.45) is -2.61. The van der Waals surface area contributed by atoms with Gasteiger partial charge in [-0.3, -0.25) is 4.79 Å². The summed E-state index contributed by atoms with van der Waals surface area (Å²) >= 11 is 0. The van der Waals surface area contributed by atoms with Crippen LogP contribution in [-0.2, 0) is 12.6 Å². The van der Waals surface area contributed by atoms with E-state index in [-0.39, 0.29) is 6.04 Å². The molecule has 17 heavy (non-hydrogen) atoms. The number of hydrogen-bond acceptors (Lipinski definition) is 1. The van der Waals surface area contributed by atoms with Gasteiger partial charge in [-0.15, -0.1) is 6.58 Å². The van der Waals surface area contributed by atoms with Crippen molar-refractivity contribution in [3.63, 3.8) is 0 Å². The summed E-state index contributed by atoms with van der Waals surface area (Å²) in [5.74, 6) is 0. The third-order valence-corrected chi connectivity index (χ3v) is 2.59. The van der Waals surface area contributed by atoms with E-state index in [1.54, 1.807) is 13.8 Å². The molecule has 0 saturated carbocycles. The Morgan fingerprint density at radius 3 is 2.47 bits per heavy atom. The minimum Gasteiger partial charge on any atom is -0.306 e. The highest BCUT2D eigenvalue weighted by atomic mass is 19.4. The van der Waals surface area contributed by atoms with E-state index in [4.69, 9.17) is 0 Å². The molecule has 1 heterocycles. The van der Waals surface area contributed by atoms with Gasteiger partial charge in [0.1, 0.15) is 0 Å². The first-order valence-corrected chi connectivity index (χ1v) is 5.26. The maximum atomic E-state index is 12.5. The van der Waals surface area contributed by atoms with Gasteiger partial charge in [0.05, 0.1) is 11.6 Å². The van der Waals surface area contributed by atoms with E-state index >= 15 is 0 Å². The fourth-order valence-electron chi connectivity index (χ4n) is 1.64. The van der Waals surface area contributed by atoms with Gasteiger partial charge in [-0.1, -0.05) is 13.0 Å². The van der Waals surface area contributed by atoms with Crippen LogP contribution in [0.15, 0.2) is 29.6 Å². The number of pyridine rings is 1. The van der Waals surface area contributed by atoms with Crippen LogP contribution >= 0.6 is 0 Å². The standard InChI is InChI=1S/C12H14F3NO/c1-4-8(3)16-10(5-2)6-9(7-11(16)17)12(13,14)15/h4,6-8H,1,5H2,2-3H3. The number of halogens is 3. The molecule has 1 aromatic heterocycles. The number of alkyl halides is 3. The van der Waals surface area contributed by atoms with Crippen molar-refractivity contribution in [2.45, 2.75) is 32.5 Å². The number of nitrogens with zero attached hydrogens (tertiary/aromatic N) is 1. The highest BCUT2D eigenvalue weighted by Gasteiger charge is 2.32. The second-order valence-electron chi connectivity index (χ2n) is 3.77. The average Bonchev–Trinajstić information content (AvgIpc) is 2.25. The Balaban J connectivity index is 3.47. The maximum absolute atomic E-state index is 12.5. The van der Waals surface area contributed by atoms with E-state index in [2.05, 4.69) is 6.58 Å². The van der Waals surface area contributed by atoms with Gasteiger partial charge < -0.3 is 4.57 Å². The zero-order valence-corrected chi connectivity index (χ0v) is 9.71. The van der Waals surface area contributed by atoms with Crippen LogP contribution in [0.5, 0.6) is 0 Å². The minimum atomic E-state index is -4.49. The normalized spacial score (nSPS) is 13.5. The molecule has 1 unspecified atom stereocenters. The summed E-state index contributed by atoms with van der Waals surface area (Å²) in [5, 5.41) is 0. The van der Waals surface area contributed by atoms with Crippen molar-refractivity contribution in [1.82, 2.24) is 4.57 Å². The Hall–Kier alpha value is -1.52. The fourth-order valence-corrected chi connectivity index (χ4v) is 1.64. The molecule has 1 atom stereocenters. The predicted molar refractivity (Wildman–Crippen MR) is 60.0 cm³/mol. The van der Waals surface area contributed by atoms with Crippen LogP contribution in [0.2, 0.25) is 0 Å². The molecule has 0 fully saturated rings. The van der Waals surface area contributed by atoms with Gasteiger partial charge in [-0.05, 0) is 19.4 Å². The maximum Gasteiger partial charge on any atom is 0.416 e. The lowest BCUT2D eigenvalue weighted by molar-refractivity contribution is -0.137. The van der Waals surface area contributed by atoms with Crippen molar-refractivity contribution in [3.8, 4) is 0 Å². The van der Waals surface area contributed by atoms with Gasteiger partial charge in [0.15, 0.2) is 0 Å². The van der Waals surface area contributed by atoms with E-state index in [0.29, 0.717) is 18.2 Å². The zero-order chi connectivity index (χ0) is 13.2. The Labute approximate surface area is 97.4 Å². The number of rotatable bonds is 3. The third kappa shape index (κ3) is 2.78. The van der Waals surface area contributed by atoms with Crippen molar-refractivity contribution in [2.75, 3.05) is 0 Å². The van der Waals surface area contributed by atoms with Crippen LogP contribution in [-0.4, -0.2) is 4.57 Å². The summed E-state index contributed by atoms with van der Waals surface area (Å²) in [7, 11) is 0. The van der Waals surface area contributed by atoms with Gasteiger partial charge in [-0.2, -0.15) is 13.2 Å². The van der Waals surface area contributed by atoms with E-state index < -0.39 is 17.3 Å². The van der Waals surface area contributed by atoms with Crippen molar-refractivity contribution >= 4 is 0 Å². The van der Waals surface area contributed by atoms with Gasteiger partial charge >= 0.3 is 6.18 Å². The summed E-state index contributed by atoms with van der Waals surface area (Å²) in [4.78, 5) is 11.7. The van der Waals surface area contributed by atoms with Crippen LogP contribution in [0, 0.1) is 0 Å². The van der Waals surface area contributed by atoms with E-state index in [9.17, 15) is 18.0 Å². The number of aryl methyl sites for hydroxylation is 1. The third-order valence-electron chi connectivity index (χ3n) is 2.59. The Morgan fingerprint density at radius 2 is 2.06 bits per heavy atom. The fraction of sp³-hybridized carbons (Fsp3) is 0.417. The highest BCUT2D eigenvalue weighted by Crippen LogP contribution is 2.29. The molecule has 1 aromatic rings. The molecule has 0 aliphatic rings. The topological polar surface area (TPSA) is 22.0 Å². The molecule has 0 aliphatic heterocycles. The second kappa shape index (κ2) is 4.77. The summed E-state index contributed by atoms with van der Waals surface area (Å²) in [5.41, 5.74) is -1.19. The van der Waals surface area contributed by atoms with Crippen LogP contribution in [0.3, 0.4) is 0 Å². The van der Waals surface area contributed by atoms with Crippen molar-refractivity contribution < 1.29 is 13.2 Å². The molecule has 0 bridgehead atoms. The molecular formula is C12H14F3NO. The van der Waals surface area contributed by atoms with Crippen LogP contribution in [0.25, 0.3) is 0 Å². The quantitative estimate of drug-likeness (QED) is 0.750. The lowest BCUT2D eigenvalue weighted by Gasteiger charge is -2.18.